The van der Waals surface area contributed by atoms with Gasteiger partial charge in [-0.2, -0.15) is 0 Å². The lowest BCUT2D eigenvalue weighted by Crippen LogP contribution is -2.41. The predicted octanol–water partition coefficient (Wildman–Crippen LogP) is 4.18. The molecule has 0 aliphatic carbocycles. The molecule has 0 radical (unpaired) electrons. The summed E-state index contributed by atoms with van der Waals surface area (Å²) in [5.74, 6) is 1.04. The van der Waals surface area contributed by atoms with Crippen molar-refractivity contribution < 1.29 is 18.7 Å². The average Bonchev–Trinajstić information content (AvgIpc) is 3.18. The Balaban J connectivity index is 1.83. The van der Waals surface area contributed by atoms with Crippen LogP contribution < -0.4 is 4.74 Å². The third kappa shape index (κ3) is 6.08. The van der Waals surface area contributed by atoms with Crippen molar-refractivity contribution in [2.45, 2.75) is 26.3 Å². The van der Waals surface area contributed by atoms with Gasteiger partial charge in [-0.05, 0) is 29.7 Å². The van der Waals surface area contributed by atoms with E-state index in [1.807, 2.05) is 43.0 Å². The number of amides is 1. The van der Waals surface area contributed by atoms with Gasteiger partial charge in [0.05, 0.1) is 13.7 Å². The number of benzene rings is 2. The Morgan fingerprint density at radius 3 is 2.62 bits per heavy atom. The molecule has 0 saturated carbocycles. The highest BCUT2D eigenvalue weighted by Crippen LogP contribution is 2.35. The maximum absolute atomic E-state index is 14.0. The van der Waals surface area contributed by atoms with Crippen molar-refractivity contribution in [2.75, 3.05) is 47.0 Å². The van der Waals surface area contributed by atoms with Gasteiger partial charge in [-0.15, -0.1) is 0 Å². The number of halogens is 1. The Bertz CT molecular complexity index is 889. The third-order valence-electron chi connectivity index (χ3n) is 6.21. The summed E-state index contributed by atoms with van der Waals surface area (Å²) < 4.78 is 24.8. The van der Waals surface area contributed by atoms with E-state index < -0.39 is 0 Å². The molecule has 1 aliphatic heterocycles. The third-order valence-corrected chi connectivity index (χ3v) is 6.21. The first-order valence-electron chi connectivity index (χ1n) is 11.3. The number of carbonyl (C=O) groups is 1. The lowest BCUT2D eigenvalue weighted by atomic mass is 9.88. The van der Waals surface area contributed by atoms with Gasteiger partial charge in [0.25, 0.3) is 0 Å². The fourth-order valence-corrected chi connectivity index (χ4v) is 4.61. The minimum atomic E-state index is -0.223. The number of likely N-dealkylation sites (tertiary alicyclic amines) is 1. The number of nitrogens with zero attached hydrogens (tertiary/aromatic N) is 2. The van der Waals surface area contributed by atoms with Gasteiger partial charge < -0.3 is 14.4 Å². The zero-order valence-corrected chi connectivity index (χ0v) is 19.6. The second kappa shape index (κ2) is 11.4. The van der Waals surface area contributed by atoms with Crippen LogP contribution in [0.4, 0.5) is 4.39 Å². The molecule has 2 aromatic rings. The minimum Gasteiger partial charge on any atom is -0.496 e. The Kier molecular flexibility index (Phi) is 8.65. The summed E-state index contributed by atoms with van der Waals surface area (Å²) >= 11 is 0. The summed E-state index contributed by atoms with van der Waals surface area (Å²) in [6.45, 7) is 7.93. The molecule has 6 heteroatoms. The summed E-state index contributed by atoms with van der Waals surface area (Å²) in [6.07, 6.45) is 0. The molecule has 1 heterocycles. The van der Waals surface area contributed by atoms with Crippen LogP contribution in [0.3, 0.4) is 0 Å². The highest BCUT2D eigenvalue weighted by atomic mass is 19.1. The fourth-order valence-electron chi connectivity index (χ4n) is 4.61. The van der Waals surface area contributed by atoms with E-state index in [0.29, 0.717) is 19.7 Å². The monoisotopic (exact) mass is 442 g/mol. The van der Waals surface area contributed by atoms with Gasteiger partial charge in [0, 0.05) is 57.2 Å². The lowest BCUT2D eigenvalue weighted by Gasteiger charge is -2.29. The smallest absolute Gasteiger partial charge is 0.225 e. The summed E-state index contributed by atoms with van der Waals surface area (Å²) in [7, 11) is 3.34. The molecule has 174 valence electrons. The Labute approximate surface area is 191 Å². The van der Waals surface area contributed by atoms with Crippen LogP contribution in [-0.2, 0) is 16.1 Å². The van der Waals surface area contributed by atoms with Crippen molar-refractivity contribution in [3.8, 4) is 5.75 Å². The molecule has 5 nitrogen and oxygen atoms in total. The van der Waals surface area contributed by atoms with Gasteiger partial charge in [-0.1, -0.05) is 44.2 Å². The molecule has 1 saturated heterocycles. The van der Waals surface area contributed by atoms with Crippen molar-refractivity contribution in [1.29, 1.82) is 0 Å². The van der Waals surface area contributed by atoms with Crippen molar-refractivity contribution in [3.63, 3.8) is 0 Å². The fraction of sp³-hybridized carbons (Fsp3) is 0.500. The second-order valence-corrected chi connectivity index (χ2v) is 8.86. The molecule has 1 amide bonds. The van der Waals surface area contributed by atoms with E-state index in [-0.39, 0.29) is 29.5 Å². The van der Waals surface area contributed by atoms with Gasteiger partial charge in [0.15, 0.2) is 0 Å². The largest absolute Gasteiger partial charge is 0.496 e. The van der Waals surface area contributed by atoms with Crippen LogP contribution in [0.15, 0.2) is 48.5 Å². The number of hydrogen-bond acceptors (Lipinski definition) is 4. The molecular formula is C26H35FN2O3. The Hall–Kier alpha value is -2.44. The number of rotatable bonds is 10. The van der Waals surface area contributed by atoms with Crippen LogP contribution in [0.25, 0.3) is 0 Å². The molecule has 3 rings (SSSR count). The molecule has 2 unspecified atom stereocenters. The summed E-state index contributed by atoms with van der Waals surface area (Å²) in [4.78, 5) is 17.2. The van der Waals surface area contributed by atoms with Crippen LogP contribution in [0, 0.1) is 17.7 Å². The quantitative estimate of drug-likeness (QED) is 0.554. The van der Waals surface area contributed by atoms with Crippen LogP contribution in [0.5, 0.6) is 5.75 Å². The lowest BCUT2D eigenvalue weighted by molar-refractivity contribution is -0.135. The summed E-state index contributed by atoms with van der Waals surface area (Å²) in [6, 6.07) is 14.9. The molecule has 0 N–H and O–H groups in total. The van der Waals surface area contributed by atoms with Crippen molar-refractivity contribution in [3.05, 3.63) is 65.5 Å². The van der Waals surface area contributed by atoms with Gasteiger partial charge in [0.1, 0.15) is 11.6 Å². The molecule has 2 aromatic carbocycles. The van der Waals surface area contributed by atoms with Gasteiger partial charge >= 0.3 is 0 Å². The zero-order valence-electron chi connectivity index (χ0n) is 19.6. The standard InChI is InChI=1S/C26H35FN2O3/c1-19(2)26(30)29(12-13-31-3)17-22-16-28(15-21-8-5-6-11-25(21)32-4)18-24(22)20-9-7-10-23(27)14-20/h5-11,14,19,22,24H,12-13,15-18H2,1-4H3. The number of para-hydroxylation sites is 1. The van der Waals surface area contributed by atoms with E-state index in [2.05, 4.69) is 11.0 Å². The zero-order chi connectivity index (χ0) is 23.1. The van der Waals surface area contributed by atoms with E-state index in [1.165, 1.54) is 6.07 Å². The summed E-state index contributed by atoms with van der Waals surface area (Å²) in [5.41, 5.74) is 2.12. The Morgan fingerprint density at radius 2 is 1.94 bits per heavy atom. The minimum absolute atomic E-state index is 0.0782. The molecule has 0 aromatic heterocycles. The number of ether oxygens (including phenoxy) is 2. The van der Waals surface area contributed by atoms with Crippen molar-refractivity contribution in [1.82, 2.24) is 9.80 Å². The van der Waals surface area contributed by atoms with Crippen molar-refractivity contribution in [2.24, 2.45) is 11.8 Å². The van der Waals surface area contributed by atoms with Crippen LogP contribution in [0.2, 0.25) is 0 Å². The van der Waals surface area contributed by atoms with Crippen molar-refractivity contribution >= 4 is 5.91 Å². The molecule has 0 spiro atoms. The predicted molar refractivity (Wildman–Crippen MR) is 124 cm³/mol. The number of methoxy groups -OCH3 is 2. The van der Waals surface area contributed by atoms with E-state index in [1.54, 1.807) is 26.4 Å². The maximum Gasteiger partial charge on any atom is 0.225 e. The molecule has 1 fully saturated rings. The van der Waals surface area contributed by atoms with Gasteiger partial charge in [0.2, 0.25) is 5.91 Å². The maximum atomic E-state index is 14.0. The first kappa shape index (κ1) is 24.2. The van der Waals surface area contributed by atoms with Gasteiger partial charge in [-0.25, -0.2) is 4.39 Å². The van der Waals surface area contributed by atoms with E-state index >= 15 is 0 Å². The number of carbonyl (C=O) groups excluding carboxylic acids is 1. The van der Waals surface area contributed by atoms with Crippen LogP contribution >= 0.6 is 0 Å². The van der Waals surface area contributed by atoms with Crippen LogP contribution in [0.1, 0.15) is 30.9 Å². The number of hydrogen-bond donors (Lipinski definition) is 0. The summed E-state index contributed by atoms with van der Waals surface area (Å²) in [5, 5.41) is 0. The molecule has 1 aliphatic rings. The van der Waals surface area contributed by atoms with E-state index in [4.69, 9.17) is 9.47 Å². The first-order chi connectivity index (χ1) is 15.4. The van der Waals surface area contributed by atoms with E-state index in [9.17, 15) is 9.18 Å². The Morgan fingerprint density at radius 1 is 1.16 bits per heavy atom. The highest BCUT2D eigenvalue weighted by molar-refractivity contribution is 5.78. The first-order valence-corrected chi connectivity index (χ1v) is 11.3. The highest BCUT2D eigenvalue weighted by Gasteiger charge is 2.36. The normalized spacial score (nSPS) is 18.8. The molecule has 2 atom stereocenters. The molecule has 0 bridgehead atoms. The topological polar surface area (TPSA) is 42.0 Å². The van der Waals surface area contributed by atoms with Crippen LogP contribution in [-0.4, -0.2) is 62.7 Å². The molecule has 32 heavy (non-hydrogen) atoms. The average molecular weight is 443 g/mol. The molecular weight excluding hydrogens is 407 g/mol. The second-order valence-electron chi connectivity index (χ2n) is 8.86. The van der Waals surface area contributed by atoms with Gasteiger partial charge in [-0.3, -0.25) is 9.69 Å². The van der Waals surface area contributed by atoms with E-state index in [0.717, 1.165) is 36.5 Å². The SMILES string of the molecule is COCCN(CC1CN(Cc2ccccc2OC)CC1c1cccc(F)c1)C(=O)C(C)C.